The summed E-state index contributed by atoms with van der Waals surface area (Å²) in [6.45, 7) is 2.16. The molecule has 1 unspecified atom stereocenters. The Hall–Kier alpha value is -2.04. The molecule has 1 fully saturated rings. The summed E-state index contributed by atoms with van der Waals surface area (Å²) in [6.07, 6.45) is 2.17. The van der Waals surface area contributed by atoms with E-state index in [1.807, 2.05) is 24.3 Å². The Balaban J connectivity index is 2.00. The van der Waals surface area contributed by atoms with Gasteiger partial charge in [-0.05, 0) is 43.9 Å². The second-order valence-corrected chi connectivity index (χ2v) is 5.58. The van der Waals surface area contributed by atoms with Crippen LogP contribution in [0.5, 0.6) is 5.75 Å². The molecule has 0 aromatic heterocycles. The molecule has 21 heavy (non-hydrogen) atoms. The molecule has 1 aliphatic rings. The van der Waals surface area contributed by atoms with E-state index >= 15 is 0 Å². The first kappa shape index (κ1) is 15.4. The smallest absolute Gasteiger partial charge is 0.329 e. The number of hydrogen-bond donors (Lipinski definition) is 1. The van der Waals surface area contributed by atoms with Crippen LogP contribution in [0.25, 0.3) is 0 Å². The second kappa shape index (κ2) is 6.16. The maximum atomic E-state index is 12.3. The number of carboxylic acid groups (broad SMARTS) is 1. The summed E-state index contributed by atoms with van der Waals surface area (Å²) in [5.74, 6) is -0.258. The van der Waals surface area contributed by atoms with Crippen LogP contribution in [0.2, 0.25) is 0 Å². The van der Waals surface area contributed by atoms with Gasteiger partial charge in [-0.15, -0.1) is 0 Å². The summed E-state index contributed by atoms with van der Waals surface area (Å²) < 4.78 is 5.15. The molecule has 0 saturated carbocycles. The monoisotopic (exact) mass is 291 g/mol. The lowest BCUT2D eigenvalue weighted by atomic mass is 9.98. The third kappa shape index (κ3) is 3.17. The van der Waals surface area contributed by atoms with E-state index < -0.39 is 11.5 Å². The summed E-state index contributed by atoms with van der Waals surface area (Å²) in [5.41, 5.74) is -0.0372. The van der Waals surface area contributed by atoms with Crippen LogP contribution in [0, 0.1) is 0 Å². The molecule has 1 aliphatic heterocycles. The minimum atomic E-state index is -1.05. The first-order valence-corrected chi connectivity index (χ1v) is 7.14. The predicted molar refractivity (Wildman–Crippen MR) is 78.3 cm³/mol. The van der Waals surface area contributed by atoms with Crippen LogP contribution in [0.4, 0.5) is 0 Å². The fourth-order valence-electron chi connectivity index (χ4n) is 2.80. The number of benzene rings is 1. The number of carbonyl (C=O) groups is 2. The normalized spacial score (nSPS) is 21.3. The number of rotatable bonds is 5. The molecule has 0 bridgehead atoms. The van der Waals surface area contributed by atoms with E-state index in [0.717, 1.165) is 17.7 Å². The Bertz CT molecular complexity index is 543. The van der Waals surface area contributed by atoms with Gasteiger partial charge in [0.15, 0.2) is 0 Å². The Morgan fingerprint density at radius 1 is 1.43 bits per heavy atom. The van der Waals surface area contributed by atoms with Crippen LogP contribution in [-0.2, 0) is 16.0 Å². The number of aliphatic carboxylic acids is 1. The van der Waals surface area contributed by atoms with Crippen molar-refractivity contribution < 1.29 is 19.4 Å². The molecule has 1 saturated heterocycles. The highest BCUT2D eigenvalue weighted by atomic mass is 16.5. The van der Waals surface area contributed by atoms with Crippen molar-refractivity contribution in [3.8, 4) is 5.75 Å². The molecule has 1 atom stereocenters. The lowest BCUT2D eigenvalue weighted by Gasteiger charge is -2.31. The quantitative estimate of drug-likeness (QED) is 0.902. The molecular weight excluding hydrogens is 270 g/mol. The highest BCUT2D eigenvalue weighted by Crippen LogP contribution is 2.30. The maximum absolute atomic E-state index is 12.3. The van der Waals surface area contributed by atoms with E-state index in [1.54, 1.807) is 14.0 Å². The lowest BCUT2D eigenvalue weighted by Crippen LogP contribution is -2.50. The second-order valence-electron chi connectivity index (χ2n) is 5.58. The van der Waals surface area contributed by atoms with E-state index in [4.69, 9.17) is 4.74 Å². The molecule has 0 aliphatic carbocycles. The standard InChI is InChI=1S/C16H21NO4/c1-16(15(19)20)9-4-10-17(16)14(18)8-7-12-5-3-6-13(11-12)21-2/h3,5-6,11H,4,7-10H2,1-2H3,(H,19,20). The zero-order valence-corrected chi connectivity index (χ0v) is 12.5. The Morgan fingerprint density at radius 3 is 2.86 bits per heavy atom. The van der Waals surface area contributed by atoms with Gasteiger partial charge in [-0.1, -0.05) is 12.1 Å². The Kier molecular flexibility index (Phi) is 4.50. The van der Waals surface area contributed by atoms with Crippen molar-refractivity contribution in [2.75, 3.05) is 13.7 Å². The number of carbonyl (C=O) groups excluding carboxylic acids is 1. The zero-order valence-electron chi connectivity index (χ0n) is 12.5. The summed E-state index contributed by atoms with van der Waals surface area (Å²) in [6, 6.07) is 7.58. The molecular formula is C16H21NO4. The van der Waals surface area contributed by atoms with E-state index in [0.29, 0.717) is 25.8 Å². The number of likely N-dealkylation sites (tertiary alicyclic amines) is 1. The fourth-order valence-corrected chi connectivity index (χ4v) is 2.80. The van der Waals surface area contributed by atoms with Gasteiger partial charge >= 0.3 is 5.97 Å². The van der Waals surface area contributed by atoms with Gasteiger partial charge in [0.1, 0.15) is 11.3 Å². The van der Waals surface area contributed by atoms with Crippen molar-refractivity contribution in [2.45, 2.75) is 38.1 Å². The van der Waals surface area contributed by atoms with Crippen molar-refractivity contribution in [1.29, 1.82) is 0 Å². The highest BCUT2D eigenvalue weighted by Gasteiger charge is 2.45. The molecule has 1 aromatic rings. The van der Waals surface area contributed by atoms with Crippen molar-refractivity contribution in [2.24, 2.45) is 0 Å². The van der Waals surface area contributed by atoms with Gasteiger partial charge in [-0.25, -0.2) is 4.79 Å². The van der Waals surface area contributed by atoms with Crippen molar-refractivity contribution >= 4 is 11.9 Å². The fraction of sp³-hybridized carbons (Fsp3) is 0.500. The van der Waals surface area contributed by atoms with E-state index in [9.17, 15) is 14.7 Å². The third-order valence-electron chi connectivity index (χ3n) is 4.16. The lowest BCUT2D eigenvalue weighted by molar-refractivity contribution is -0.155. The largest absolute Gasteiger partial charge is 0.497 e. The van der Waals surface area contributed by atoms with Crippen LogP contribution in [0.15, 0.2) is 24.3 Å². The molecule has 5 nitrogen and oxygen atoms in total. The number of carboxylic acids is 1. The Labute approximate surface area is 124 Å². The van der Waals surface area contributed by atoms with Gasteiger partial charge < -0.3 is 14.7 Å². The molecule has 1 heterocycles. The van der Waals surface area contributed by atoms with Crippen molar-refractivity contribution in [3.63, 3.8) is 0 Å². The molecule has 1 aromatic carbocycles. The molecule has 0 spiro atoms. The SMILES string of the molecule is COc1cccc(CCC(=O)N2CCCC2(C)C(=O)O)c1. The summed E-state index contributed by atoms with van der Waals surface area (Å²) in [7, 11) is 1.60. The summed E-state index contributed by atoms with van der Waals surface area (Å²) in [4.78, 5) is 25.2. The average Bonchev–Trinajstić information content (AvgIpc) is 2.88. The van der Waals surface area contributed by atoms with Crippen molar-refractivity contribution in [1.82, 2.24) is 4.90 Å². The number of ether oxygens (including phenoxy) is 1. The van der Waals surface area contributed by atoms with E-state index in [2.05, 4.69) is 0 Å². The molecule has 0 radical (unpaired) electrons. The molecule has 1 N–H and O–H groups in total. The first-order valence-electron chi connectivity index (χ1n) is 7.14. The number of nitrogens with zero attached hydrogens (tertiary/aromatic N) is 1. The highest BCUT2D eigenvalue weighted by molar-refractivity contribution is 5.87. The average molecular weight is 291 g/mol. The Morgan fingerprint density at radius 2 is 2.19 bits per heavy atom. The minimum absolute atomic E-state index is 0.0970. The van der Waals surface area contributed by atoms with Crippen molar-refractivity contribution in [3.05, 3.63) is 29.8 Å². The summed E-state index contributed by atoms with van der Waals surface area (Å²) in [5, 5.41) is 9.33. The van der Waals surface area contributed by atoms with Gasteiger partial charge in [-0.3, -0.25) is 4.79 Å². The van der Waals surface area contributed by atoms with Gasteiger partial charge in [0.25, 0.3) is 0 Å². The van der Waals surface area contributed by atoms with Gasteiger partial charge in [0.05, 0.1) is 7.11 Å². The van der Waals surface area contributed by atoms with Gasteiger partial charge in [0, 0.05) is 13.0 Å². The third-order valence-corrected chi connectivity index (χ3v) is 4.16. The number of methoxy groups -OCH3 is 1. The molecule has 5 heteroatoms. The first-order chi connectivity index (χ1) is 9.97. The van der Waals surface area contributed by atoms with E-state index in [-0.39, 0.29) is 5.91 Å². The van der Waals surface area contributed by atoms with Crippen LogP contribution in [0.3, 0.4) is 0 Å². The van der Waals surface area contributed by atoms with Crippen LogP contribution >= 0.6 is 0 Å². The number of aryl methyl sites for hydroxylation is 1. The number of amides is 1. The molecule has 1 amide bonds. The molecule has 2 rings (SSSR count). The summed E-state index contributed by atoms with van der Waals surface area (Å²) >= 11 is 0. The van der Waals surface area contributed by atoms with E-state index in [1.165, 1.54) is 4.90 Å². The van der Waals surface area contributed by atoms with Crippen LogP contribution in [0.1, 0.15) is 31.7 Å². The van der Waals surface area contributed by atoms with Gasteiger partial charge in [-0.2, -0.15) is 0 Å². The molecule has 114 valence electrons. The predicted octanol–water partition coefficient (Wildman–Crippen LogP) is 2.09. The topological polar surface area (TPSA) is 66.8 Å². The minimum Gasteiger partial charge on any atom is -0.497 e. The number of hydrogen-bond acceptors (Lipinski definition) is 3. The van der Waals surface area contributed by atoms with Gasteiger partial charge in [0.2, 0.25) is 5.91 Å². The zero-order chi connectivity index (χ0) is 15.5. The van der Waals surface area contributed by atoms with Crippen LogP contribution in [-0.4, -0.2) is 41.1 Å². The maximum Gasteiger partial charge on any atom is 0.329 e. The van der Waals surface area contributed by atoms with Crippen LogP contribution < -0.4 is 4.74 Å².